The number of hydroxylamine groups is 1. The zero-order valence-electron chi connectivity index (χ0n) is 11.5. The number of anilines is 1. The van der Waals surface area contributed by atoms with Gasteiger partial charge in [0.05, 0.1) is 12.2 Å². The van der Waals surface area contributed by atoms with Crippen molar-refractivity contribution in [1.29, 1.82) is 0 Å². The van der Waals surface area contributed by atoms with Gasteiger partial charge in [0.15, 0.2) is 0 Å². The number of rotatable bonds is 5. The molecular weight excluding hydrogens is 254 g/mol. The quantitative estimate of drug-likeness (QED) is 0.845. The van der Waals surface area contributed by atoms with E-state index in [1.807, 2.05) is 49.3 Å². The molecule has 0 aliphatic heterocycles. The molecule has 0 aliphatic rings. The highest BCUT2D eigenvalue weighted by atomic mass is 16.6. The van der Waals surface area contributed by atoms with Crippen LogP contribution in [0.2, 0.25) is 0 Å². The summed E-state index contributed by atoms with van der Waals surface area (Å²) in [7, 11) is 3.79. The smallest absolute Gasteiger partial charge is 0.276 e. The van der Waals surface area contributed by atoms with Crippen LogP contribution in [0.25, 0.3) is 0 Å². The van der Waals surface area contributed by atoms with E-state index in [0.29, 0.717) is 12.2 Å². The molecule has 1 heterocycles. The van der Waals surface area contributed by atoms with E-state index in [1.165, 1.54) is 6.20 Å². The second-order valence-corrected chi connectivity index (χ2v) is 4.50. The van der Waals surface area contributed by atoms with Gasteiger partial charge in [-0.15, -0.1) is 0 Å². The first kappa shape index (κ1) is 14.0. The maximum Gasteiger partial charge on any atom is 0.276 e. The number of carbonyl (C=O) groups excluding carboxylic acids is 1. The van der Waals surface area contributed by atoms with Crippen molar-refractivity contribution in [3.8, 4) is 0 Å². The molecule has 0 spiro atoms. The first-order valence-electron chi connectivity index (χ1n) is 6.26. The molecule has 2 aromatic rings. The van der Waals surface area contributed by atoms with E-state index in [9.17, 15) is 4.79 Å². The molecule has 0 radical (unpaired) electrons. The minimum atomic E-state index is -0.307. The highest BCUT2D eigenvalue weighted by Gasteiger charge is 2.06. The maximum absolute atomic E-state index is 11.8. The molecule has 1 aromatic carbocycles. The second-order valence-electron chi connectivity index (χ2n) is 4.50. The molecule has 0 unspecified atom stereocenters. The fourth-order valence-corrected chi connectivity index (χ4v) is 1.60. The van der Waals surface area contributed by atoms with Crippen molar-refractivity contribution < 1.29 is 9.63 Å². The summed E-state index contributed by atoms with van der Waals surface area (Å²) in [5.41, 5.74) is 3.86. The standard InChI is InChI=1S/C15H17N3O2/c1-18(2)14-9-8-13(10-16-14)15(19)17-20-11-12-6-4-3-5-7-12/h3-10H,11H2,1-2H3,(H,17,19). The molecule has 0 atom stereocenters. The third-order valence-corrected chi connectivity index (χ3v) is 2.71. The predicted octanol–water partition coefficient (Wildman–Crippen LogP) is 2.01. The van der Waals surface area contributed by atoms with Gasteiger partial charge in [-0.2, -0.15) is 0 Å². The minimum absolute atomic E-state index is 0.307. The van der Waals surface area contributed by atoms with Crippen LogP contribution in [-0.2, 0) is 11.4 Å². The van der Waals surface area contributed by atoms with Crippen LogP contribution in [0.15, 0.2) is 48.7 Å². The summed E-state index contributed by atoms with van der Waals surface area (Å²) >= 11 is 0. The normalized spacial score (nSPS) is 10.1. The van der Waals surface area contributed by atoms with Gasteiger partial charge < -0.3 is 4.90 Å². The Morgan fingerprint density at radius 3 is 2.55 bits per heavy atom. The van der Waals surface area contributed by atoms with Crippen molar-refractivity contribution in [3.05, 3.63) is 59.8 Å². The number of nitrogens with zero attached hydrogens (tertiary/aromatic N) is 2. The summed E-state index contributed by atoms with van der Waals surface area (Å²) in [6, 6.07) is 13.1. The van der Waals surface area contributed by atoms with Crippen molar-refractivity contribution in [2.45, 2.75) is 6.61 Å². The van der Waals surface area contributed by atoms with Gasteiger partial charge >= 0.3 is 0 Å². The monoisotopic (exact) mass is 271 g/mol. The Morgan fingerprint density at radius 2 is 1.95 bits per heavy atom. The lowest BCUT2D eigenvalue weighted by Gasteiger charge is -2.11. The highest BCUT2D eigenvalue weighted by molar-refractivity contribution is 5.93. The largest absolute Gasteiger partial charge is 0.363 e. The highest BCUT2D eigenvalue weighted by Crippen LogP contribution is 2.07. The molecule has 2 rings (SSSR count). The van der Waals surface area contributed by atoms with Crippen LogP contribution in [0.3, 0.4) is 0 Å². The Bertz CT molecular complexity index is 553. The minimum Gasteiger partial charge on any atom is -0.363 e. The molecule has 0 bridgehead atoms. The average molecular weight is 271 g/mol. The van der Waals surface area contributed by atoms with E-state index in [2.05, 4.69) is 10.5 Å². The summed E-state index contributed by atoms with van der Waals surface area (Å²) in [4.78, 5) is 23.0. The molecule has 1 amide bonds. The van der Waals surface area contributed by atoms with Crippen LogP contribution in [0.5, 0.6) is 0 Å². The maximum atomic E-state index is 11.8. The third-order valence-electron chi connectivity index (χ3n) is 2.71. The number of hydrogen-bond donors (Lipinski definition) is 1. The molecule has 20 heavy (non-hydrogen) atoms. The molecule has 5 nitrogen and oxygen atoms in total. The first-order valence-corrected chi connectivity index (χ1v) is 6.26. The lowest BCUT2D eigenvalue weighted by atomic mass is 10.2. The topological polar surface area (TPSA) is 54.5 Å². The number of hydrogen-bond acceptors (Lipinski definition) is 4. The van der Waals surface area contributed by atoms with Crippen molar-refractivity contribution in [2.24, 2.45) is 0 Å². The molecule has 0 saturated carbocycles. The van der Waals surface area contributed by atoms with Gasteiger partial charge in [-0.25, -0.2) is 10.5 Å². The SMILES string of the molecule is CN(C)c1ccc(C(=O)NOCc2ccccc2)cn1. The molecule has 1 aromatic heterocycles. The number of aromatic nitrogens is 1. The van der Waals surface area contributed by atoms with Crippen LogP contribution in [-0.4, -0.2) is 25.0 Å². The zero-order valence-corrected chi connectivity index (χ0v) is 11.5. The Balaban J connectivity index is 1.85. The molecule has 0 saturated heterocycles. The Hall–Kier alpha value is -2.40. The molecule has 0 aliphatic carbocycles. The third kappa shape index (κ3) is 3.80. The van der Waals surface area contributed by atoms with E-state index >= 15 is 0 Å². The van der Waals surface area contributed by atoms with E-state index < -0.39 is 0 Å². The van der Waals surface area contributed by atoms with E-state index in [1.54, 1.807) is 12.1 Å². The molecule has 104 valence electrons. The Morgan fingerprint density at radius 1 is 1.20 bits per heavy atom. The number of carbonyl (C=O) groups is 1. The second kappa shape index (κ2) is 6.68. The van der Waals surface area contributed by atoms with E-state index in [4.69, 9.17) is 4.84 Å². The average Bonchev–Trinajstić information content (AvgIpc) is 2.48. The van der Waals surface area contributed by atoms with Crippen LogP contribution < -0.4 is 10.4 Å². The number of benzene rings is 1. The van der Waals surface area contributed by atoms with Gasteiger partial charge in [0.25, 0.3) is 5.91 Å². The number of pyridine rings is 1. The summed E-state index contributed by atoms with van der Waals surface area (Å²) in [6.07, 6.45) is 1.52. The van der Waals surface area contributed by atoms with Gasteiger partial charge in [-0.3, -0.25) is 9.63 Å². The van der Waals surface area contributed by atoms with Crippen molar-refractivity contribution >= 4 is 11.7 Å². The van der Waals surface area contributed by atoms with Gasteiger partial charge in [-0.1, -0.05) is 30.3 Å². The lowest BCUT2D eigenvalue weighted by Crippen LogP contribution is -2.24. The van der Waals surface area contributed by atoms with Crippen LogP contribution in [0.1, 0.15) is 15.9 Å². The summed E-state index contributed by atoms with van der Waals surface area (Å²) in [5, 5.41) is 0. The molecule has 1 N–H and O–H groups in total. The van der Waals surface area contributed by atoms with Crippen molar-refractivity contribution in [1.82, 2.24) is 10.5 Å². The molecule has 0 fully saturated rings. The fraction of sp³-hybridized carbons (Fsp3) is 0.200. The Kier molecular flexibility index (Phi) is 4.68. The predicted molar refractivity (Wildman–Crippen MR) is 77.3 cm³/mol. The van der Waals surface area contributed by atoms with Crippen LogP contribution in [0.4, 0.5) is 5.82 Å². The van der Waals surface area contributed by atoms with Gasteiger partial charge in [0.2, 0.25) is 0 Å². The van der Waals surface area contributed by atoms with Gasteiger partial charge in [-0.05, 0) is 17.7 Å². The van der Waals surface area contributed by atoms with E-state index in [0.717, 1.165) is 11.4 Å². The van der Waals surface area contributed by atoms with E-state index in [-0.39, 0.29) is 5.91 Å². The molecular formula is C15H17N3O2. The Labute approximate surface area is 118 Å². The summed E-state index contributed by atoms with van der Waals surface area (Å²) < 4.78 is 0. The van der Waals surface area contributed by atoms with Crippen molar-refractivity contribution in [3.63, 3.8) is 0 Å². The summed E-state index contributed by atoms with van der Waals surface area (Å²) in [5.74, 6) is 0.491. The summed E-state index contributed by atoms with van der Waals surface area (Å²) in [6.45, 7) is 0.329. The first-order chi connectivity index (χ1) is 9.66. The number of amides is 1. The zero-order chi connectivity index (χ0) is 14.4. The lowest BCUT2D eigenvalue weighted by molar-refractivity contribution is 0.0233. The van der Waals surface area contributed by atoms with Crippen LogP contribution in [0, 0.1) is 0 Å². The van der Waals surface area contributed by atoms with Gasteiger partial charge in [0.1, 0.15) is 5.82 Å². The van der Waals surface area contributed by atoms with Crippen LogP contribution >= 0.6 is 0 Å². The van der Waals surface area contributed by atoms with Gasteiger partial charge in [0, 0.05) is 20.3 Å². The van der Waals surface area contributed by atoms with Crippen molar-refractivity contribution in [2.75, 3.05) is 19.0 Å². The molecule has 5 heteroatoms. The number of nitrogens with one attached hydrogen (secondary N) is 1. The fourth-order valence-electron chi connectivity index (χ4n) is 1.60.